The van der Waals surface area contributed by atoms with Crippen LogP contribution in [0.2, 0.25) is 0 Å². The maximum absolute atomic E-state index is 13.5. The SMILES string of the molecule is COCC(C)Oc1cc(Oc2ccc(S(=O)(=C=O)N3CCC3)cc2)cc(C(=O)Nc2nc3c(s2)CN(C(=O)OC(C)(C)C)CC3)c1. The highest BCUT2D eigenvalue weighted by Gasteiger charge is 2.29. The zero-order chi connectivity index (χ0) is 33.1. The van der Waals surface area contributed by atoms with E-state index in [2.05, 4.69) is 10.3 Å². The third-order valence-corrected chi connectivity index (χ3v) is 10.4. The van der Waals surface area contributed by atoms with Crippen molar-refractivity contribution < 1.29 is 37.5 Å². The predicted molar refractivity (Wildman–Crippen MR) is 174 cm³/mol. The number of amides is 2. The van der Waals surface area contributed by atoms with Crippen molar-refractivity contribution in [3.63, 3.8) is 0 Å². The van der Waals surface area contributed by atoms with E-state index in [1.165, 1.54) is 11.3 Å². The summed E-state index contributed by atoms with van der Waals surface area (Å²) in [7, 11) is -1.50. The fourth-order valence-electron chi connectivity index (χ4n) is 4.85. The van der Waals surface area contributed by atoms with Crippen LogP contribution in [-0.2, 0) is 36.9 Å². The first-order chi connectivity index (χ1) is 21.9. The van der Waals surface area contributed by atoms with Crippen LogP contribution in [0.25, 0.3) is 0 Å². The summed E-state index contributed by atoms with van der Waals surface area (Å²) in [5.74, 6) is 0.718. The topological polar surface area (TPSA) is 137 Å². The lowest BCUT2D eigenvalue weighted by molar-refractivity contribution is 0.0225. The van der Waals surface area contributed by atoms with Crippen LogP contribution in [0.1, 0.15) is 55.0 Å². The average molecular weight is 671 g/mol. The number of benzene rings is 2. The number of carbonyl (C=O) groups excluding carboxylic acids is 3. The van der Waals surface area contributed by atoms with Crippen LogP contribution in [0.4, 0.5) is 9.93 Å². The van der Waals surface area contributed by atoms with E-state index < -0.39 is 21.2 Å². The van der Waals surface area contributed by atoms with Crippen molar-refractivity contribution in [2.75, 3.05) is 38.7 Å². The summed E-state index contributed by atoms with van der Waals surface area (Å²) in [6.07, 6.45) is 0.749. The molecule has 1 saturated heterocycles. The molecule has 0 aliphatic carbocycles. The maximum Gasteiger partial charge on any atom is 0.410 e. The van der Waals surface area contributed by atoms with Crippen LogP contribution in [0.3, 0.4) is 0 Å². The quantitative estimate of drug-likeness (QED) is 0.288. The molecule has 2 aliphatic heterocycles. The molecule has 14 heteroatoms. The molecule has 2 amide bonds. The molecule has 46 heavy (non-hydrogen) atoms. The Bertz CT molecular complexity index is 1730. The summed E-state index contributed by atoms with van der Waals surface area (Å²) < 4.78 is 37.6. The lowest BCUT2D eigenvalue weighted by Crippen LogP contribution is -2.42. The second kappa shape index (κ2) is 13.8. The first-order valence-corrected chi connectivity index (χ1v) is 17.2. The number of carbonyl (C=O) groups is 2. The Morgan fingerprint density at radius 1 is 1.09 bits per heavy atom. The highest BCUT2D eigenvalue weighted by Crippen LogP contribution is 2.32. The number of nitrogens with zero attached hydrogens (tertiary/aromatic N) is 3. The minimum Gasteiger partial charge on any atom is -0.488 e. The molecule has 1 aromatic heterocycles. The number of thiazole rings is 1. The fourth-order valence-corrected chi connectivity index (χ4v) is 7.65. The number of anilines is 1. The van der Waals surface area contributed by atoms with Crippen molar-refractivity contribution in [3.05, 3.63) is 58.6 Å². The second-order valence-corrected chi connectivity index (χ2v) is 15.3. The Balaban J connectivity index is 1.33. The Kier molecular flexibility index (Phi) is 10.0. The fraction of sp³-hybridized carbons (Fsp3) is 0.438. The summed E-state index contributed by atoms with van der Waals surface area (Å²) in [5.41, 5.74) is 0.514. The lowest BCUT2D eigenvalue weighted by atomic mass is 10.2. The van der Waals surface area contributed by atoms with Gasteiger partial charge in [0.05, 0.1) is 23.7 Å². The molecular weight excluding hydrogens is 633 g/mol. The minimum atomic E-state index is -3.07. The summed E-state index contributed by atoms with van der Waals surface area (Å²) >= 11 is 1.31. The summed E-state index contributed by atoms with van der Waals surface area (Å²) in [6, 6.07) is 11.3. The van der Waals surface area contributed by atoms with Crippen molar-refractivity contribution in [1.29, 1.82) is 0 Å². The number of nitrogens with one attached hydrogen (secondary N) is 1. The third-order valence-electron chi connectivity index (χ3n) is 7.15. The number of hydrogen-bond donors (Lipinski definition) is 1. The smallest absolute Gasteiger partial charge is 0.410 e. The van der Waals surface area contributed by atoms with E-state index in [9.17, 15) is 18.6 Å². The average Bonchev–Trinajstić information content (AvgIpc) is 3.37. The van der Waals surface area contributed by atoms with E-state index in [0.717, 1.165) is 17.0 Å². The largest absolute Gasteiger partial charge is 0.488 e. The number of hydrogen-bond acceptors (Lipinski definition) is 10. The summed E-state index contributed by atoms with van der Waals surface area (Å²) in [6.45, 7) is 9.65. The van der Waals surface area contributed by atoms with Gasteiger partial charge in [0.25, 0.3) is 5.91 Å². The Morgan fingerprint density at radius 3 is 2.43 bits per heavy atom. The van der Waals surface area contributed by atoms with Gasteiger partial charge in [-0.1, -0.05) is 11.3 Å². The van der Waals surface area contributed by atoms with Crippen LogP contribution >= 0.6 is 11.3 Å². The van der Waals surface area contributed by atoms with E-state index in [1.54, 1.807) is 64.0 Å². The maximum atomic E-state index is 13.5. The molecule has 3 aromatic rings. The van der Waals surface area contributed by atoms with Crippen LogP contribution in [-0.4, -0.2) is 80.7 Å². The van der Waals surface area contributed by atoms with Gasteiger partial charge in [0.15, 0.2) is 5.13 Å². The molecule has 3 heterocycles. The van der Waals surface area contributed by atoms with Gasteiger partial charge in [-0.2, -0.15) is 0 Å². The molecular formula is C32H38N4O8S2. The molecule has 5 rings (SSSR count). The highest BCUT2D eigenvalue weighted by atomic mass is 32.2. The molecule has 12 nitrogen and oxygen atoms in total. The van der Waals surface area contributed by atoms with E-state index in [-0.39, 0.29) is 17.8 Å². The van der Waals surface area contributed by atoms with Gasteiger partial charge in [0.2, 0.25) is 5.23 Å². The molecule has 246 valence electrons. The first kappa shape index (κ1) is 33.4. The van der Waals surface area contributed by atoms with Gasteiger partial charge < -0.3 is 23.8 Å². The van der Waals surface area contributed by atoms with Crippen LogP contribution in [0.15, 0.2) is 47.4 Å². The standard InChI is InChI=1S/C32H38N4O8S2/c1-21(19-41-5)42-24-15-22(16-25(17-24)43-23-7-9-26(10-8-23)46(40,20-37)36-12-6-13-36)29(38)34-30-33-27-11-14-35(18-28(27)45-30)31(39)44-32(2,3)4/h7-10,15-17,21H,6,11-14,18-19H2,1-5H3,(H,33,34,38). The van der Waals surface area contributed by atoms with E-state index in [1.807, 2.05) is 27.7 Å². The van der Waals surface area contributed by atoms with Crippen molar-refractivity contribution in [3.8, 4) is 17.2 Å². The number of aromatic nitrogens is 1. The molecule has 2 atom stereocenters. The molecule has 1 N–H and O–H groups in total. The van der Waals surface area contributed by atoms with Crippen LogP contribution in [0.5, 0.6) is 17.2 Å². The van der Waals surface area contributed by atoms with Gasteiger partial charge in [-0.05, 0) is 70.5 Å². The van der Waals surface area contributed by atoms with E-state index in [0.29, 0.717) is 66.5 Å². The molecule has 0 radical (unpaired) electrons. The van der Waals surface area contributed by atoms with Gasteiger partial charge in [0, 0.05) is 49.7 Å². The summed E-state index contributed by atoms with van der Waals surface area (Å²) in [5, 5.41) is 5.02. The molecule has 0 bridgehead atoms. The minimum absolute atomic E-state index is 0.272. The van der Waals surface area contributed by atoms with Crippen molar-refractivity contribution >= 4 is 43.4 Å². The predicted octanol–water partition coefficient (Wildman–Crippen LogP) is 5.23. The monoisotopic (exact) mass is 670 g/mol. The molecule has 2 aromatic carbocycles. The van der Waals surface area contributed by atoms with Gasteiger partial charge >= 0.3 is 6.09 Å². The van der Waals surface area contributed by atoms with Gasteiger partial charge in [-0.15, -0.1) is 0 Å². The van der Waals surface area contributed by atoms with E-state index >= 15 is 0 Å². The third kappa shape index (κ3) is 7.88. The lowest BCUT2D eigenvalue weighted by Gasteiger charge is -2.31. The molecule has 0 saturated carbocycles. The van der Waals surface area contributed by atoms with E-state index in [4.69, 9.17) is 18.9 Å². The number of methoxy groups -OCH3 is 1. The Hall–Kier alpha value is -3.94. The number of ether oxygens (including phenoxy) is 4. The van der Waals surface area contributed by atoms with Crippen LogP contribution < -0.4 is 14.8 Å². The zero-order valence-electron chi connectivity index (χ0n) is 26.5. The van der Waals surface area contributed by atoms with Gasteiger partial charge in [-0.3, -0.25) is 10.1 Å². The first-order valence-electron chi connectivity index (χ1n) is 14.9. The molecule has 1 fully saturated rings. The van der Waals surface area contributed by atoms with Crippen molar-refractivity contribution in [1.82, 2.24) is 14.2 Å². The second-order valence-electron chi connectivity index (χ2n) is 12.0. The number of rotatable bonds is 10. The highest BCUT2D eigenvalue weighted by molar-refractivity contribution is 7.98. The van der Waals surface area contributed by atoms with Crippen LogP contribution in [0, 0.1) is 0 Å². The number of fused-ring (bicyclic) bond motifs is 1. The van der Waals surface area contributed by atoms with Gasteiger partial charge in [0.1, 0.15) is 38.7 Å². The molecule has 2 unspecified atom stereocenters. The Morgan fingerprint density at radius 2 is 1.80 bits per heavy atom. The zero-order valence-corrected chi connectivity index (χ0v) is 28.1. The van der Waals surface area contributed by atoms with Crippen molar-refractivity contribution in [2.24, 2.45) is 0 Å². The normalized spacial score (nSPS) is 16.7. The Labute approximate surface area is 272 Å². The van der Waals surface area contributed by atoms with Crippen molar-refractivity contribution in [2.45, 2.75) is 63.7 Å². The molecule has 0 spiro atoms. The van der Waals surface area contributed by atoms with Gasteiger partial charge in [-0.25, -0.2) is 23.1 Å². The summed E-state index contributed by atoms with van der Waals surface area (Å²) in [4.78, 5) is 45.2. The molecule has 2 aliphatic rings.